The Kier molecular flexibility index (Phi) is 4.12. The molecular weight excluding hydrogens is 302 g/mol. The van der Waals surface area contributed by atoms with Gasteiger partial charge in [-0.3, -0.25) is 4.79 Å². The second-order valence-corrected chi connectivity index (χ2v) is 6.24. The number of benzene rings is 1. The van der Waals surface area contributed by atoms with Gasteiger partial charge in [0.05, 0.1) is 5.60 Å². The fourth-order valence-electron chi connectivity index (χ4n) is 1.71. The van der Waals surface area contributed by atoms with Gasteiger partial charge in [-0.15, -0.1) is 0 Å². The second kappa shape index (κ2) is 5.42. The Bertz CT molecular complexity index is 419. The largest absolute Gasteiger partial charge is 0.387 e. The van der Waals surface area contributed by atoms with Crippen molar-refractivity contribution in [1.29, 1.82) is 0 Å². The molecule has 0 bridgehead atoms. The van der Waals surface area contributed by atoms with Crippen LogP contribution in [0, 0.1) is 0 Å². The van der Waals surface area contributed by atoms with Crippen molar-refractivity contribution in [2.24, 2.45) is 0 Å². The molecule has 1 aromatic carbocycles. The SMILES string of the molecule is O=C(NCC1(O)CCSC1)c1cccc(Br)c1. The minimum Gasteiger partial charge on any atom is -0.387 e. The zero-order valence-corrected chi connectivity index (χ0v) is 11.7. The van der Waals surface area contributed by atoms with Crippen LogP contribution < -0.4 is 5.32 Å². The first-order valence-corrected chi connectivity index (χ1v) is 7.38. The average molecular weight is 316 g/mol. The Morgan fingerprint density at radius 2 is 2.41 bits per heavy atom. The minimum absolute atomic E-state index is 0.142. The minimum atomic E-state index is -0.730. The van der Waals surface area contributed by atoms with Crippen LogP contribution in [0.1, 0.15) is 16.8 Å². The molecule has 0 radical (unpaired) electrons. The van der Waals surface area contributed by atoms with Crippen molar-refractivity contribution in [3.05, 3.63) is 34.3 Å². The first kappa shape index (κ1) is 12.9. The normalized spacial score (nSPS) is 23.6. The molecular formula is C12H14BrNO2S. The summed E-state index contributed by atoms with van der Waals surface area (Å²) in [6, 6.07) is 7.22. The number of halogens is 1. The van der Waals surface area contributed by atoms with Crippen molar-refractivity contribution in [2.45, 2.75) is 12.0 Å². The van der Waals surface area contributed by atoms with Gasteiger partial charge in [0.2, 0.25) is 0 Å². The van der Waals surface area contributed by atoms with E-state index >= 15 is 0 Å². The van der Waals surface area contributed by atoms with E-state index in [4.69, 9.17) is 0 Å². The quantitative estimate of drug-likeness (QED) is 0.897. The van der Waals surface area contributed by atoms with E-state index in [1.54, 1.807) is 23.9 Å². The van der Waals surface area contributed by atoms with Gasteiger partial charge in [-0.2, -0.15) is 11.8 Å². The summed E-state index contributed by atoms with van der Waals surface area (Å²) in [6.45, 7) is 0.325. The average Bonchev–Trinajstić information content (AvgIpc) is 2.74. The van der Waals surface area contributed by atoms with Crippen molar-refractivity contribution in [2.75, 3.05) is 18.1 Å². The molecule has 2 rings (SSSR count). The summed E-state index contributed by atoms with van der Waals surface area (Å²) in [6.07, 6.45) is 0.746. The molecule has 92 valence electrons. The summed E-state index contributed by atoms with van der Waals surface area (Å²) >= 11 is 5.05. The van der Waals surface area contributed by atoms with E-state index < -0.39 is 5.60 Å². The van der Waals surface area contributed by atoms with E-state index in [0.717, 1.165) is 16.6 Å². The van der Waals surface area contributed by atoms with Gasteiger partial charge in [-0.1, -0.05) is 22.0 Å². The highest BCUT2D eigenvalue weighted by atomic mass is 79.9. The summed E-state index contributed by atoms with van der Waals surface area (Å²) < 4.78 is 0.875. The number of carbonyl (C=O) groups is 1. The zero-order chi connectivity index (χ0) is 12.3. The van der Waals surface area contributed by atoms with Crippen LogP contribution in [0.4, 0.5) is 0 Å². The predicted molar refractivity (Wildman–Crippen MR) is 73.4 cm³/mol. The van der Waals surface area contributed by atoms with E-state index in [1.165, 1.54) is 0 Å². The maximum absolute atomic E-state index is 11.8. The highest BCUT2D eigenvalue weighted by molar-refractivity contribution is 9.10. The third-order valence-electron chi connectivity index (χ3n) is 2.75. The first-order chi connectivity index (χ1) is 8.09. The molecule has 3 nitrogen and oxygen atoms in total. The van der Waals surface area contributed by atoms with Crippen LogP contribution in [-0.4, -0.2) is 34.7 Å². The molecule has 5 heteroatoms. The molecule has 2 N–H and O–H groups in total. The number of carbonyl (C=O) groups excluding carboxylic acids is 1. The molecule has 1 saturated heterocycles. The van der Waals surface area contributed by atoms with Gasteiger partial charge in [0.15, 0.2) is 0 Å². The highest BCUT2D eigenvalue weighted by Crippen LogP contribution is 2.27. The van der Waals surface area contributed by atoms with Crippen molar-refractivity contribution in [1.82, 2.24) is 5.32 Å². The van der Waals surface area contributed by atoms with Crippen molar-refractivity contribution in [3.8, 4) is 0 Å². The lowest BCUT2D eigenvalue weighted by atomic mass is 10.0. The lowest BCUT2D eigenvalue weighted by Crippen LogP contribution is -2.42. The molecule has 0 spiro atoms. The molecule has 1 heterocycles. The fraction of sp³-hybridized carbons (Fsp3) is 0.417. The molecule has 0 aromatic heterocycles. The third kappa shape index (κ3) is 3.47. The zero-order valence-electron chi connectivity index (χ0n) is 9.28. The Morgan fingerprint density at radius 3 is 3.06 bits per heavy atom. The Labute approximate surface area is 113 Å². The summed E-state index contributed by atoms with van der Waals surface area (Å²) in [5.74, 6) is 1.52. The maximum atomic E-state index is 11.8. The van der Waals surface area contributed by atoms with E-state index in [9.17, 15) is 9.90 Å². The summed E-state index contributed by atoms with van der Waals surface area (Å²) in [7, 11) is 0. The standard InChI is InChI=1S/C12H14BrNO2S/c13-10-3-1-2-9(6-10)11(15)14-7-12(16)4-5-17-8-12/h1-3,6,16H,4-5,7-8H2,(H,14,15). The van der Waals surface area contributed by atoms with Crippen molar-refractivity contribution < 1.29 is 9.90 Å². The predicted octanol–water partition coefficient (Wildman–Crippen LogP) is 2.05. The number of hydrogen-bond donors (Lipinski definition) is 2. The van der Waals surface area contributed by atoms with Crippen LogP contribution in [0.2, 0.25) is 0 Å². The van der Waals surface area contributed by atoms with Crippen LogP contribution in [0.15, 0.2) is 28.7 Å². The van der Waals surface area contributed by atoms with Crippen LogP contribution in [0.25, 0.3) is 0 Å². The highest BCUT2D eigenvalue weighted by Gasteiger charge is 2.31. The van der Waals surface area contributed by atoms with E-state index in [2.05, 4.69) is 21.2 Å². The van der Waals surface area contributed by atoms with Crippen LogP contribution in [0.3, 0.4) is 0 Å². The van der Waals surface area contributed by atoms with Crippen LogP contribution in [-0.2, 0) is 0 Å². The molecule has 1 aliphatic rings. The Balaban J connectivity index is 1.93. The Hall–Kier alpha value is -0.520. The maximum Gasteiger partial charge on any atom is 0.251 e. The fourth-order valence-corrected chi connectivity index (χ4v) is 3.41. The third-order valence-corrected chi connectivity index (χ3v) is 4.47. The van der Waals surface area contributed by atoms with Gasteiger partial charge in [0.25, 0.3) is 5.91 Å². The summed E-state index contributed by atoms with van der Waals surface area (Å²) in [4.78, 5) is 11.8. The number of hydrogen-bond acceptors (Lipinski definition) is 3. The Morgan fingerprint density at radius 1 is 1.59 bits per heavy atom. The van der Waals surface area contributed by atoms with Crippen LogP contribution in [0.5, 0.6) is 0 Å². The van der Waals surface area contributed by atoms with Crippen molar-refractivity contribution in [3.63, 3.8) is 0 Å². The molecule has 1 aliphatic heterocycles. The lowest BCUT2D eigenvalue weighted by Gasteiger charge is -2.21. The van der Waals surface area contributed by atoms with Gasteiger partial charge in [-0.05, 0) is 30.4 Å². The number of amides is 1. The van der Waals surface area contributed by atoms with Gasteiger partial charge < -0.3 is 10.4 Å². The van der Waals surface area contributed by atoms with Crippen LogP contribution >= 0.6 is 27.7 Å². The summed E-state index contributed by atoms with van der Waals surface area (Å²) in [5.41, 5.74) is -0.125. The molecule has 1 atom stereocenters. The van der Waals surface area contributed by atoms with E-state index in [-0.39, 0.29) is 5.91 Å². The number of rotatable bonds is 3. The topological polar surface area (TPSA) is 49.3 Å². The smallest absolute Gasteiger partial charge is 0.251 e. The molecule has 0 aliphatic carbocycles. The molecule has 0 saturated carbocycles. The number of nitrogens with one attached hydrogen (secondary N) is 1. The second-order valence-electron chi connectivity index (χ2n) is 4.22. The molecule has 1 unspecified atom stereocenters. The molecule has 1 fully saturated rings. The van der Waals surface area contributed by atoms with Gasteiger partial charge in [0, 0.05) is 22.3 Å². The van der Waals surface area contributed by atoms with Crippen molar-refractivity contribution >= 4 is 33.6 Å². The summed E-state index contributed by atoms with van der Waals surface area (Å²) in [5, 5.41) is 12.9. The molecule has 1 aromatic rings. The number of aliphatic hydroxyl groups is 1. The van der Waals surface area contributed by atoms with Gasteiger partial charge in [0.1, 0.15) is 0 Å². The van der Waals surface area contributed by atoms with Gasteiger partial charge >= 0.3 is 0 Å². The lowest BCUT2D eigenvalue weighted by molar-refractivity contribution is 0.0612. The molecule has 1 amide bonds. The van der Waals surface area contributed by atoms with E-state index in [0.29, 0.717) is 17.9 Å². The van der Waals surface area contributed by atoms with Gasteiger partial charge in [-0.25, -0.2) is 0 Å². The first-order valence-electron chi connectivity index (χ1n) is 5.43. The molecule has 17 heavy (non-hydrogen) atoms. The van der Waals surface area contributed by atoms with E-state index in [1.807, 2.05) is 12.1 Å². The monoisotopic (exact) mass is 315 g/mol. The number of thioether (sulfide) groups is 1.